The maximum atomic E-state index is 13.5. The Hall–Kier alpha value is -3.59. The zero-order valence-corrected chi connectivity index (χ0v) is 20.2. The van der Waals surface area contributed by atoms with E-state index in [1.165, 1.54) is 33.3 Å². The van der Waals surface area contributed by atoms with E-state index in [4.69, 9.17) is 18.9 Å². The fraction of sp³-hybridized carbons (Fsp3) is 0.400. The molecule has 2 aromatic rings. The van der Waals surface area contributed by atoms with E-state index < -0.39 is 23.4 Å². The topological polar surface area (TPSA) is 112 Å². The summed E-state index contributed by atoms with van der Waals surface area (Å²) in [7, 11) is 2.91. The van der Waals surface area contributed by atoms with Crippen molar-refractivity contribution in [3.8, 4) is 11.5 Å². The Morgan fingerprint density at radius 3 is 2.18 bits per heavy atom. The highest BCUT2D eigenvalue weighted by Crippen LogP contribution is 2.29. The Morgan fingerprint density at radius 2 is 1.59 bits per heavy atom. The number of carbonyl (C=O) groups excluding carboxylic acids is 3. The third-order valence-electron chi connectivity index (χ3n) is 5.32. The number of carbonyl (C=O) groups is 3. The molecule has 0 spiro atoms. The van der Waals surface area contributed by atoms with Gasteiger partial charge in [0.1, 0.15) is 12.7 Å². The van der Waals surface area contributed by atoms with Crippen molar-refractivity contribution in [2.24, 2.45) is 0 Å². The minimum Gasteiger partial charge on any atom is -0.493 e. The van der Waals surface area contributed by atoms with Crippen molar-refractivity contribution in [1.29, 1.82) is 0 Å². The van der Waals surface area contributed by atoms with E-state index in [2.05, 4.69) is 10.9 Å². The van der Waals surface area contributed by atoms with Crippen LogP contribution in [0.3, 0.4) is 0 Å². The van der Waals surface area contributed by atoms with Crippen molar-refractivity contribution in [2.45, 2.75) is 51.9 Å². The standard InChI is InChI=1S/C25H32N2O7/c1-6-19(7-2)34-23(29)25(3,22(28)18-13-14-20(31-4)21(15-18)32-5)27-26-24(30)33-16-17-11-9-8-10-12-17/h8-15,19,27H,6-7,16H2,1-5H3,(H,26,30)/t25-/m0/s1. The second-order valence-electron chi connectivity index (χ2n) is 7.68. The summed E-state index contributed by atoms with van der Waals surface area (Å²) in [5, 5.41) is 0. The monoisotopic (exact) mass is 472 g/mol. The van der Waals surface area contributed by atoms with Gasteiger partial charge in [0.25, 0.3) is 0 Å². The van der Waals surface area contributed by atoms with E-state index in [0.29, 0.717) is 24.3 Å². The molecule has 0 unspecified atom stereocenters. The van der Waals surface area contributed by atoms with Crippen molar-refractivity contribution < 1.29 is 33.3 Å². The van der Waals surface area contributed by atoms with Gasteiger partial charge in [0.15, 0.2) is 22.8 Å². The molecule has 0 saturated carbocycles. The fourth-order valence-electron chi connectivity index (χ4n) is 3.13. The highest BCUT2D eigenvalue weighted by atomic mass is 16.6. The van der Waals surface area contributed by atoms with Crippen molar-refractivity contribution in [3.05, 3.63) is 59.7 Å². The largest absolute Gasteiger partial charge is 0.493 e. The number of ether oxygens (including phenoxy) is 4. The molecule has 0 saturated heterocycles. The SMILES string of the molecule is CCC(CC)OC(=O)[C@@](C)(NNC(=O)OCc1ccccc1)C(=O)c1ccc(OC)c(OC)c1. The van der Waals surface area contributed by atoms with Gasteiger partial charge in [-0.3, -0.25) is 10.2 Å². The van der Waals surface area contributed by atoms with Crippen LogP contribution >= 0.6 is 0 Å². The van der Waals surface area contributed by atoms with Gasteiger partial charge in [-0.1, -0.05) is 44.2 Å². The number of ketones is 1. The molecule has 2 aromatic carbocycles. The van der Waals surface area contributed by atoms with Crippen LogP contribution in [0.5, 0.6) is 11.5 Å². The molecule has 0 aliphatic carbocycles. The van der Waals surface area contributed by atoms with Crippen molar-refractivity contribution in [3.63, 3.8) is 0 Å². The minimum absolute atomic E-state index is 0.0207. The average Bonchev–Trinajstić information content (AvgIpc) is 2.88. The highest BCUT2D eigenvalue weighted by molar-refractivity contribution is 6.16. The lowest BCUT2D eigenvalue weighted by molar-refractivity contribution is -0.155. The van der Waals surface area contributed by atoms with Crippen LogP contribution in [-0.4, -0.2) is 43.7 Å². The molecule has 0 radical (unpaired) electrons. The Bertz CT molecular complexity index is 976. The summed E-state index contributed by atoms with van der Waals surface area (Å²) in [6.45, 7) is 5.12. The number of esters is 1. The van der Waals surface area contributed by atoms with E-state index in [1.54, 1.807) is 18.2 Å². The van der Waals surface area contributed by atoms with Gasteiger partial charge in [-0.05, 0) is 43.5 Å². The van der Waals surface area contributed by atoms with Gasteiger partial charge >= 0.3 is 12.1 Å². The van der Waals surface area contributed by atoms with Crippen LogP contribution in [0.15, 0.2) is 48.5 Å². The van der Waals surface area contributed by atoms with E-state index in [0.717, 1.165) is 5.56 Å². The van der Waals surface area contributed by atoms with Crippen LogP contribution in [-0.2, 0) is 20.9 Å². The predicted octanol–water partition coefficient (Wildman–Crippen LogP) is 3.81. The van der Waals surface area contributed by atoms with Crippen LogP contribution in [0.2, 0.25) is 0 Å². The second kappa shape index (κ2) is 12.6. The van der Waals surface area contributed by atoms with E-state index in [9.17, 15) is 14.4 Å². The number of hydrogen-bond donors (Lipinski definition) is 2. The predicted molar refractivity (Wildman–Crippen MR) is 126 cm³/mol. The Labute approximate surface area is 199 Å². The molecular formula is C25H32N2O7. The van der Waals surface area contributed by atoms with Crippen LogP contribution in [0.25, 0.3) is 0 Å². The molecule has 0 aliphatic heterocycles. The van der Waals surface area contributed by atoms with Crippen LogP contribution < -0.4 is 20.3 Å². The smallest absolute Gasteiger partial charge is 0.421 e. The molecule has 0 heterocycles. The number of amides is 1. The third-order valence-corrected chi connectivity index (χ3v) is 5.32. The first-order valence-corrected chi connectivity index (χ1v) is 11.0. The van der Waals surface area contributed by atoms with Crippen LogP contribution in [0.1, 0.15) is 49.5 Å². The van der Waals surface area contributed by atoms with Gasteiger partial charge in [0, 0.05) is 5.56 Å². The van der Waals surface area contributed by atoms with E-state index in [-0.39, 0.29) is 18.3 Å². The Morgan fingerprint density at radius 1 is 0.941 bits per heavy atom. The molecule has 0 aliphatic rings. The number of nitrogens with one attached hydrogen (secondary N) is 2. The average molecular weight is 473 g/mol. The van der Waals surface area contributed by atoms with Crippen molar-refractivity contribution in [1.82, 2.24) is 10.9 Å². The molecule has 1 amide bonds. The lowest BCUT2D eigenvalue weighted by Gasteiger charge is -2.29. The molecule has 9 nitrogen and oxygen atoms in total. The van der Waals surface area contributed by atoms with Gasteiger partial charge in [0.2, 0.25) is 0 Å². The summed E-state index contributed by atoms with van der Waals surface area (Å²) in [6.07, 6.45) is -0.0763. The maximum Gasteiger partial charge on any atom is 0.421 e. The third kappa shape index (κ3) is 6.71. The molecule has 2 N–H and O–H groups in total. The molecule has 34 heavy (non-hydrogen) atoms. The van der Waals surface area contributed by atoms with Crippen LogP contribution in [0.4, 0.5) is 4.79 Å². The number of hydrogen-bond acceptors (Lipinski definition) is 8. The molecule has 0 bridgehead atoms. The van der Waals surface area contributed by atoms with Gasteiger partial charge in [-0.2, -0.15) is 0 Å². The number of hydrazine groups is 1. The van der Waals surface area contributed by atoms with E-state index >= 15 is 0 Å². The normalized spacial score (nSPS) is 12.4. The summed E-state index contributed by atoms with van der Waals surface area (Å²) in [5.74, 6) is -0.715. The Kier molecular flexibility index (Phi) is 9.88. The summed E-state index contributed by atoms with van der Waals surface area (Å²) in [4.78, 5) is 38.9. The summed E-state index contributed by atoms with van der Waals surface area (Å²) >= 11 is 0. The van der Waals surface area contributed by atoms with Gasteiger partial charge < -0.3 is 18.9 Å². The first kappa shape index (κ1) is 26.7. The molecule has 184 valence electrons. The first-order chi connectivity index (χ1) is 16.3. The van der Waals surface area contributed by atoms with E-state index in [1.807, 2.05) is 32.0 Å². The molecule has 2 rings (SSSR count). The lowest BCUT2D eigenvalue weighted by Crippen LogP contribution is -2.62. The molecule has 9 heteroatoms. The summed E-state index contributed by atoms with van der Waals surface area (Å²) in [5.41, 5.74) is 3.84. The fourth-order valence-corrected chi connectivity index (χ4v) is 3.13. The van der Waals surface area contributed by atoms with Gasteiger partial charge in [-0.25, -0.2) is 15.0 Å². The first-order valence-electron chi connectivity index (χ1n) is 11.0. The second-order valence-corrected chi connectivity index (χ2v) is 7.68. The molecule has 1 atom stereocenters. The maximum absolute atomic E-state index is 13.5. The summed E-state index contributed by atoms with van der Waals surface area (Å²) < 4.78 is 21.2. The van der Waals surface area contributed by atoms with Gasteiger partial charge in [-0.15, -0.1) is 0 Å². The molecule has 0 fully saturated rings. The molecular weight excluding hydrogens is 440 g/mol. The van der Waals surface area contributed by atoms with Crippen molar-refractivity contribution in [2.75, 3.05) is 14.2 Å². The summed E-state index contributed by atoms with van der Waals surface area (Å²) in [6, 6.07) is 13.6. The zero-order valence-electron chi connectivity index (χ0n) is 20.2. The number of benzene rings is 2. The lowest BCUT2D eigenvalue weighted by atomic mass is 9.91. The number of methoxy groups -OCH3 is 2. The minimum atomic E-state index is -1.94. The highest BCUT2D eigenvalue weighted by Gasteiger charge is 2.44. The molecule has 0 aromatic heterocycles. The van der Waals surface area contributed by atoms with Crippen LogP contribution in [0, 0.1) is 0 Å². The van der Waals surface area contributed by atoms with Gasteiger partial charge in [0.05, 0.1) is 14.2 Å². The zero-order chi connectivity index (χ0) is 25.1. The van der Waals surface area contributed by atoms with Crippen molar-refractivity contribution >= 4 is 17.8 Å². The number of rotatable bonds is 12. The number of Topliss-reactive ketones (excluding diaryl/α,β-unsaturated/α-hetero) is 1. The Balaban J connectivity index is 2.24. The quantitative estimate of drug-likeness (QED) is 0.208.